The average Bonchev–Trinajstić information content (AvgIpc) is 3.13. The zero-order chi connectivity index (χ0) is 20.5. The van der Waals surface area contributed by atoms with Gasteiger partial charge in [-0.05, 0) is 43.2 Å². The molecule has 0 fully saturated rings. The van der Waals surface area contributed by atoms with Crippen molar-refractivity contribution >= 4 is 17.0 Å². The number of aromatic amines is 1. The number of H-pyrrole nitrogens is 1. The molecule has 6 nitrogen and oxygen atoms in total. The van der Waals surface area contributed by atoms with Crippen LogP contribution in [0.2, 0.25) is 0 Å². The number of aromatic nitrogens is 2. The molecule has 29 heavy (non-hydrogen) atoms. The Morgan fingerprint density at radius 2 is 1.66 bits per heavy atom. The minimum absolute atomic E-state index is 0.108. The van der Waals surface area contributed by atoms with Crippen molar-refractivity contribution in [2.24, 2.45) is 0 Å². The van der Waals surface area contributed by atoms with E-state index in [-0.39, 0.29) is 6.61 Å². The maximum absolute atomic E-state index is 12.2. The molecule has 0 aliphatic heterocycles. The fraction of sp³-hybridized carbons (Fsp3) is 0.130. The van der Waals surface area contributed by atoms with Gasteiger partial charge in [0.1, 0.15) is 5.52 Å². The number of hydrogen-bond donors (Lipinski definition) is 2. The molecule has 2 aromatic carbocycles. The van der Waals surface area contributed by atoms with Gasteiger partial charge < -0.3 is 19.4 Å². The number of esters is 1. The first-order valence-electron chi connectivity index (χ1n) is 9.30. The lowest BCUT2D eigenvalue weighted by Crippen LogP contribution is -2.20. The molecule has 0 bridgehead atoms. The van der Waals surface area contributed by atoms with Crippen LogP contribution in [0.15, 0.2) is 65.6 Å². The summed E-state index contributed by atoms with van der Waals surface area (Å²) in [5.41, 5.74) is 3.86. The lowest BCUT2D eigenvalue weighted by Gasteiger charge is -2.10. The zero-order valence-corrected chi connectivity index (χ0v) is 16.1. The minimum Gasteiger partial charge on any atom is -0.505 e. The highest BCUT2D eigenvalue weighted by Crippen LogP contribution is 2.30. The van der Waals surface area contributed by atoms with Gasteiger partial charge in [-0.15, -0.1) is 0 Å². The van der Waals surface area contributed by atoms with E-state index in [9.17, 15) is 14.7 Å². The SMILES string of the molecule is CCOC(=O)c1c(O)c2c(ccn2-c2ccc(-c3ccc(C)cc3)cc2)[nH]c1=O. The first-order valence-corrected chi connectivity index (χ1v) is 9.30. The summed E-state index contributed by atoms with van der Waals surface area (Å²) in [4.78, 5) is 27.0. The maximum Gasteiger partial charge on any atom is 0.347 e. The molecule has 2 aromatic heterocycles. The van der Waals surface area contributed by atoms with Crippen LogP contribution in [-0.2, 0) is 4.74 Å². The molecule has 0 spiro atoms. The summed E-state index contributed by atoms with van der Waals surface area (Å²) in [5, 5.41) is 10.7. The first kappa shape index (κ1) is 18.6. The van der Waals surface area contributed by atoms with Crippen molar-refractivity contribution in [1.82, 2.24) is 9.55 Å². The number of benzene rings is 2. The Kier molecular flexibility index (Phi) is 4.68. The van der Waals surface area contributed by atoms with Gasteiger partial charge in [0.25, 0.3) is 5.56 Å². The highest BCUT2D eigenvalue weighted by Gasteiger charge is 2.22. The molecule has 0 saturated carbocycles. The van der Waals surface area contributed by atoms with E-state index in [1.807, 2.05) is 31.2 Å². The van der Waals surface area contributed by atoms with Gasteiger partial charge in [0.2, 0.25) is 0 Å². The highest BCUT2D eigenvalue weighted by atomic mass is 16.5. The van der Waals surface area contributed by atoms with E-state index in [1.54, 1.807) is 23.8 Å². The molecule has 0 unspecified atom stereocenters. The number of fused-ring (bicyclic) bond motifs is 1. The second-order valence-corrected chi connectivity index (χ2v) is 6.76. The van der Waals surface area contributed by atoms with Crippen LogP contribution < -0.4 is 5.56 Å². The topological polar surface area (TPSA) is 84.3 Å². The van der Waals surface area contributed by atoms with Gasteiger partial charge in [-0.1, -0.05) is 42.0 Å². The predicted molar refractivity (Wildman–Crippen MR) is 112 cm³/mol. The number of carbonyl (C=O) groups excluding carboxylic acids is 1. The fourth-order valence-corrected chi connectivity index (χ4v) is 3.35. The van der Waals surface area contributed by atoms with Crippen molar-refractivity contribution in [2.45, 2.75) is 13.8 Å². The normalized spacial score (nSPS) is 11.0. The summed E-state index contributed by atoms with van der Waals surface area (Å²) < 4.78 is 6.63. The van der Waals surface area contributed by atoms with Crippen LogP contribution >= 0.6 is 0 Å². The summed E-state index contributed by atoms with van der Waals surface area (Å²) in [5.74, 6) is -1.24. The molecule has 2 N–H and O–H groups in total. The summed E-state index contributed by atoms with van der Waals surface area (Å²) in [6, 6.07) is 17.8. The number of aromatic hydroxyl groups is 1. The van der Waals surface area contributed by atoms with Crippen molar-refractivity contribution < 1.29 is 14.6 Å². The molecule has 4 rings (SSSR count). The maximum atomic E-state index is 12.2. The van der Waals surface area contributed by atoms with E-state index >= 15 is 0 Å². The second kappa shape index (κ2) is 7.31. The number of rotatable bonds is 4. The van der Waals surface area contributed by atoms with E-state index in [0.29, 0.717) is 11.0 Å². The monoisotopic (exact) mass is 388 g/mol. The quantitative estimate of drug-likeness (QED) is 0.514. The smallest absolute Gasteiger partial charge is 0.347 e. The van der Waals surface area contributed by atoms with Crippen LogP contribution in [0, 0.1) is 6.92 Å². The molecule has 0 amide bonds. The number of nitrogens with one attached hydrogen (secondary N) is 1. The third-order valence-electron chi connectivity index (χ3n) is 4.83. The number of pyridine rings is 1. The number of aryl methyl sites for hydroxylation is 1. The lowest BCUT2D eigenvalue weighted by molar-refractivity contribution is 0.0521. The van der Waals surface area contributed by atoms with Crippen LogP contribution in [0.5, 0.6) is 5.75 Å². The van der Waals surface area contributed by atoms with Gasteiger partial charge in [0, 0.05) is 11.9 Å². The molecule has 0 aliphatic rings. The van der Waals surface area contributed by atoms with Crippen molar-refractivity contribution in [3.63, 3.8) is 0 Å². The van der Waals surface area contributed by atoms with Crippen molar-refractivity contribution in [3.05, 3.63) is 82.3 Å². The van der Waals surface area contributed by atoms with Crippen LogP contribution in [0.25, 0.3) is 27.8 Å². The third-order valence-corrected chi connectivity index (χ3v) is 4.83. The standard InChI is InChI=1S/C23H20N2O4/c1-3-29-23(28)19-21(26)20-18(24-22(19)27)12-13-25(20)17-10-8-16(9-11-17)15-6-4-14(2)5-7-15/h4-13H,3H2,1-2H3,(H2,24,26,27). The summed E-state index contributed by atoms with van der Waals surface area (Å²) in [7, 11) is 0. The first-order chi connectivity index (χ1) is 14.0. The minimum atomic E-state index is -0.851. The van der Waals surface area contributed by atoms with Gasteiger partial charge in [-0.2, -0.15) is 0 Å². The van der Waals surface area contributed by atoms with Crippen molar-refractivity contribution in [1.29, 1.82) is 0 Å². The Morgan fingerprint density at radius 3 is 2.28 bits per heavy atom. The van der Waals surface area contributed by atoms with Gasteiger partial charge in [0.15, 0.2) is 11.3 Å². The van der Waals surface area contributed by atoms with Crippen molar-refractivity contribution in [3.8, 4) is 22.6 Å². The van der Waals surface area contributed by atoms with E-state index in [0.717, 1.165) is 16.8 Å². The summed E-state index contributed by atoms with van der Waals surface area (Å²) in [6.45, 7) is 3.79. The number of ether oxygens (including phenoxy) is 1. The number of carbonyl (C=O) groups is 1. The van der Waals surface area contributed by atoms with Gasteiger partial charge >= 0.3 is 5.97 Å². The highest BCUT2D eigenvalue weighted by molar-refractivity contribution is 5.98. The molecular weight excluding hydrogens is 368 g/mol. The van der Waals surface area contributed by atoms with Crippen LogP contribution in [0.4, 0.5) is 0 Å². The van der Waals surface area contributed by atoms with Crippen molar-refractivity contribution in [2.75, 3.05) is 6.61 Å². The average molecular weight is 388 g/mol. The molecule has 0 atom stereocenters. The lowest BCUT2D eigenvalue weighted by atomic mass is 10.0. The molecule has 146 valence electrons. The third kappa shape index (κ3) is 3.29. The van der Waals surface area contributed by atoms with E-state index in [2.05, 4.69) is 29.2 Å². The van der Waals surface area contributed by atoms with E-state index in [4.69, 9.17) is 4.74 Å². The summed E-state index contributed by atoms with van der Waals surface area (Å²) in [6.07, 6.45) is 1.73. The van der Waals surface area contributed by atoms with Gasteiger partial charge in [-0.25, -0.2) is 4.79 Å². The van der Waals surface area contributed by atoms with Crippen LogP contribution in [0.3, 0.4) is 0 Å². The van der Waals surface area contributed by atoms with E-state index in [1.165, 1.54) is 5.56 Å². The fourth-order valence-electron chi connectivity index (χ4n) is 3.35. The number of hydrogen-bond acceptors (Lipinski definition) is 4. The second-order valence-electron chi connectivity index (χ2n) is 6.76. The van der Waals surface area contributed by atoms with Gasteiger partial charge in [0.05, 0.1) is 12.1 Å². The molecule has 0 aliphatic carbocycles. The Labute approximate surface area is 167 Å². The Bertz CT molecular complexity index is 1250. The summed E-state index contributed by atoms with van der Waals surface area (Å²) >= 11 is 0. The molecule has 4 aromatic rings. The molecule has 6 heteroatoms. The Hall–Kier alpha value is -3.80. The zero-order valence-electron chi connectivity index (χ0n) is 16.1. The Balaban J connectivity index is 1.80. The largest absolute Gasteiger partial charge is 0.505 e. The van der Waals surface area contributed by atoms with Crippen LogP contribution in [-0.4, -0.2) is 27.2 Å². The molecule has 2 heterocycles. The Morgan fingerprint density at radius 1 is 1.03 bits per heavy atom. The number of nitrogens with zero attached hydrogens (tertiary/aromatic N) is 1. The molecular formula is C23H20N2O4. The molecule has 0 saturated heterocycles. The molecule has 0 radical (unpaired) electrons. The predicted octanol–water partition coefficient (Wildman–Crippen LogP) is 4.18. The van der Waals surface area contributed by atoms with E-state index < -0.39 is 22.8 Å². The van der Waals surface area contributed by atoms with Gasteiger partial charge in [-0.3, -0.25) is 4.79 Å². The van der Waals surface area contributed by atoms with Crippen LogP contribution in [0.1, 0.15) is 22.8 Å².